The second-order valence-electron chi connectivity index (χ2n) is 5.58. The zero-order valence-corrected chi connectivity index (χ0v) is 13.6. The van der Waals surface area contributed by atoms with E-state index in [-0.39, 0.29) is 0 Å². The first-order chi connectivity index (χ1) is 10.0. The summed E-state index contributed by atoms with van der Waals surface area (Å²) in [5, 5.41) is 8.55. The van der Waals surface area contributed by atoms with E-state index in [1.54, 1.807) is 0 Å². The van der Waals surface area contributed by atoms with Gasteiger partial charge < -0.3 is 5.32 Å². The van der Waals surface area contributed by atoms with Crippen LogP contribution in [-0.4, -0.2) is 26.3 Å². The summed E-state index contributed by atoms with van der Waals surface area (Å²) in [6.45, 7) is 8.80. The van der Waals surface area contributed by atoms with Crippen molar-refractivity contribution in [2.45, 2.75) is 46.5 Å². The Morgan fingerprint density at radius 3 is 2.48 bits per heavy atom. The second kappa shape index (κ2) is 5.30. The largest absolute Gasteiger partial charge is 0.370 e. The van der Waals surface area contributed by atoms with E-state index in [1.807, 2.05) is 25.5 Å². The van der Waals surface area contributed by atoms with E-state index in [0.29, 0.717) is 10.9 Å². The normalized spacial score (nSPS) is 14.5. The molecule has 1 saturated carbocycles. The molecular formula is C15H20ClN5. The van der Waals surface area contributed by atoms with E-state index < -0.39 is 0 Å². The molecule has 3 rings (SSSR count). The van der Waals surface area contributed by atoms with Gasteiger partial charge in [-0.1, -0.05) is 11.6 Å². The van der Waals surface area contributed by atoms with E-state index in [1.165, 1.54) is 12.8 Å². The van der Waals surface area contributed by atoms with Crippen molar-refractivity contribution in [3.8, 4) is 5.82 Å². The summed E-state index contributed by atoms with van der Waals surface area (Å²) < 4.78 is 1.83. The van der Waals surface area contributed by atoms with Gasteiger partial charge in [0.2, 0.25) is 0 Å². The van der Waals surface area contributed by atoms with Crippen LogP contribution in [0.5, 0.6) is 0 Å². The number of hydrogen-bond donors (Lipinski definition) is 1. The second-order valence-corrected chi connectivity index (χ2v) is 5.96. The van der Waals surface area contributed by atoms with Crippen molar-refractivity contribution in [1.82, 2.24) is 19.7 Å². The van der Waals surface area contributed by atoms with Gasteiger partial charge in [0.25, 0.3) is 0 Å². The van der Waals surface area contributed by atoms with Crippen LogP contribution in [0.15, 0.2) is 0 Å². The van der Waals surface area contributed by atoms with Crippen molar-refractivity contribution in [2.24, 2.45) is 0 Å². The average Bonchev–Trinajstić information content (AvgIpc) is 3.26. The van der Waals surface area contributed by atoms with Crippen LogP contribution in [0.3, 0.4) is 0 Å². The molecule has 0 amide bonds. The lowest BCUT2D eigenvalue weighted by Crippen LogP contribution is -2.12. The molecule has 6 heteroatoms. The molecule has 2 aromatic rings. The van der Waals surface area contributed by atoms with Gasteiger partial charge in [0.05, 0.1) is 16.4 Å². The van der Waals surface area contributed by atoms with E-state index >= 15 is 0 Å². The Labute approximate surface area is 129 Å². The van der Waals surface area contributed by atoms with Crippen LogP contribution in [0, 0.1) is 20.8 Å². The Morgan fingerprint density at radius 1 is 1.24 bits per heavy atom. The van der Waals surface area contributed by atoms with Gasteiger partial charge in [0.1, 0.15) is 11.6 Å². The van der Waals surface area contributed by atoms with Crippen LogP contribution in [-0.2, 0) is 0 Å². The molecule has 1 aliphatic rings. The van der Waals surface area contributed by atoms with E-state index in [2.05, 4.69) is 22.3 Å². The van der Waals surface area contributed by atoms with Crippen LogP contribution < -0.4 is 5.32 Å². The third-order valence-corrected chi connectivity index (χ3v) is 4.37. The average molecular weight is 306 g/mol. The number of hydrogen-bond acceptors (Lipinski definition) is 4. The molecule has 2 heterocycles. The van der Waals surface area contributed by atoms with Crippen molar-refractivity contribution in [2.75, 3.05) is 11.9 Å². The molecule has 0 bridgehead atoms. The molecule has 0 aliphatic heterocycles. The first-order valence-corrected chi connectivity index (χ1v) is 7.75. The van der Waals surface area contributed by atoms with Crippen molar-refractivity contribution in [3.63, 3.8) is 0 Å². The number of nitrogens with zero attached hydrogens (tertiary/aromatic N) is 4. The molecule has 0 radical (unpaired) electrons. The molecule has 0 unspecified atom stereocenters. The van der Waals surface area contributed by atoms with E-state index in [0.717, 1.165) is 41.0 Å². The predicted molar refractivity (Wildman–Crippen MR) is 84.5 cm³/mol. The first kappa shape index (κ1) is 14.3. The van der Waals surface area contributed by atoms with Gasteiger partial charge in [-0.05, 0) is 40.5 Å². The minimum atomic E-state index is 0.495. The molecule has 112 valence electrons. The summed E-state index contributed by atoms with van der Waals surface area (Å²) in [6, 6.07) is 0. The van der Waals surface area contributed by atoms with Gasteiger partial charge >= 0.3 is 0 Å². The number of aromatic nitrogens is 4. The van der Waals surface area contributed by atoms with Gasteiger partial charge in [-0.15, -0.1) is 0 Å². The summed E-state index contributed by atoms with van der Waals surface area (Å²) in [4.78, 5) is 9.43. The fourth-order valence-corrected chi connectivity index (χ4v) is 2.54. The molecule has 1 N–H and O–H groups in total. The van der Waals surface area contributed by atoms with Crippen molar-refractivity contribution < 1.29 is 0 Å². The van der Waals surface area contributed by atoms with Crippen LogP contribution >= 0.6 is 11.6 Å². The number of anilines is 1. The smallest absolute Gasteiger partial charge is 0.162 e. The molecule has 0 aromatic carbocycles. The van der Waals surface area contributed by atoms with Gasteiger partial charge in [0, 0.05) is 18.0 Å². The molecule has 5 nitrogen and oxygen atoms in total. The Balaban J connectivity index is 2.17. The maximum Gasteiger partial charge on any atom is 0.162 e. The zero-order valence-electron chi connectivity index (χ0n) is 12.9. The maximum atomic E-state index is 6.27. The highest BCUT2D eigenvalue weighted by Crippen LogP contribution is 2.39. The minimum absolute atomic E-state index is 0.495. The molecule has 0 saturated heterocycles. The Kier molecular flexibility index (Phi) is 3.61. The highest BCUT2D eigenvalue weighted by Gasteiger charge is 2.29. The molecular weight excluding hydrogens is 286 g/mol. The van der Waals surface area contributed by atoms with E-state index in [9.17, 15) is 0 Å². The van der Waals surface area contributed by atoms with Crippen molar-refractivity contribution in [1.29, 1.82) is 0 Å². The summed E-state index contributed by atoms with van der Waals surface area (Å²) >= 11 is 6.27. The SMILES string of the molecule is CCNc1nc(C2CC2)nc(-n2nc(C)c(Cl)c2C)c1C. The van der Waals surface area contributed by atoms with Gasteiger partial charge in [0.15, 0.2) is 5.82 Å². The monoisotopic (exact) mass is 305 g/mol. The summed E-state index contributed by atoms with van der Waals surface area (Å²) in [5.41, 5.74) is 2.74. The molecule has 1 aliphatic carbocycles. The van der Waals surface area contributed by atoms with Crippen LogP contribution in [0.1, 0.15) is 48.5 Å². The molecule has 1 fully saturated rings. The van der Waals surface area contributed by atoms with Gasteiger partial charge in [-0.25, -0.2) is 14.6 Å². The van der Waals surface area contributed by atoms with Crippen LogP contribution in [0.25, 0.3) is 5.82 Å². The first-order valence-electron chi connectivity index (χ1n) is 7.37. The number of aryl methyl sites for hydroxylation is 1. The molecule has 0 spiro atoms. The Morgan fingerprint density at radius 2 is 1.95 bits per heavy atom. The Hall–Kier alpha value is -1.62. The summed E-state index contributed by atoms with van der Waals surface area (Å²) in [5.74, 6) is 3.13. The Bertz CT molecular complexity index is 688. The molecule has 0 atom stereocenters. The topological polar surface area (TPSA) is 55.6 Å². The predicted octanol–water partition coefficient (Wildman–Crippen LogP) is 3.55. The summed E-state index contributed by atoms with van der Waals surface area (Å²) in [7, 11) is 0. The van der Waals surface area contributed by atoms with Crippen LogP contribution in [0.4, 0.5) is 5.82 Å². The third-order valence-electron chi connectivity index (χ3n) is 3.83. The third kappa shape index (κ3) is 2.50. The highest BCUT2D eigenvalue weighted by atomic mass is 35.5. The fraction of sp³-hybridized carbons (Fsp3) is 0.533. The number of nitrogens with one attached hydrogen (secondary N) is 1. The lowest BCUT2D eigenvalue weighted by Gasteiger charge is -2.14. The van der Waals surface area contributed by atoms with Crippen molar-refractivity contribution >= 4 is 17.4 Å². The zero-order chi connectivity index (χ0) is 15.1. The lowest BCUT2D eigenvalue weighted by atomic mass is 10.2. The van der Waals surface area contributed by atoms with Gasteiger partial charge in [-0.3, -0.25) is 0 Å². The van der Waals surface area contributed by atoms with Crippen molar-refractivity contribution in [3.05, 3.63) is 27.8 Å². The highest BCUT2D eigenvalue weighted by molar-refractivity contribution is 6.31. The lowest BCUT2D eigenvalue weighted by molar-refractivity contribution is 0.772. The maximum absolute atomic E-state index is 6.27. The number of halogens is 1. The fourth-order valence-electron chi connectivity index (χ4n) is 2.42. The quantitative estimate of drug-likeness (QED) is 0.938. The number of rotatable bonds is 4. The van der Waals surface area contributed by atoms with Crippen LogP contribution in [0.2, 0.25) is 5.02 Å². The minimum Gasteiger partial charge on any atom is -0.370 e. The molecule has 21 heavy (non-hydrogen) atoms. The standard InChI is InChI=1S/C15H20ClN5/c1-5-17-13-8(2)15(19-14(18-13)11-6-7-11)21-10(4)12(16)9(3)20-21/h11H,5-7H2,1-4H3,(H,17,18,19). The summed E-state index contributed by atoms with van der Waals surface area (Å²) in [6.07, 6.45) is 2.35. The van der Waals surface area contributed by atoms with Gasteiger partial charge in [-0.2, -0.15) is 5.10 Å². The molecule has 2 aromatic heterocycles. The van der Waals surface area contributed by atoms with E-state index in [4.69, 9.17) is 16.6 Å².